The molecule has 1 heteroatoms. The summed E-state index contributed by atoms with van der Waals surface area (Å²) in [7, 11) is 0. The zero-order valence-corrected chi connectivity index (χ0v) is 11.6. The van der Waals surface area contributed by atoms with Gasteiger partial charge in [0.1, 0.15) is 0 Å². The molecule has 0 N–H and O–H groups in total. The molecule has 2 aliphatic heterocycles. The minimum absolute atomic E-state index is 0.875. The molecule has 2 rings (SSSR count). The fourth-order valence-corrected chi connectivity index (χ4v) is 3.57. The molecule has 2 atom stereocenters. The fourth-order valence-electron chi connectivity index (χ4n) is 3.57. The maximum atomic E-state index is 2.82. The largest absolute Gasteiger partial charge is 0.300 e. The van der Waals surface area contributed by atoms with E-state index in [2.05, 4.69) is 32.6 Å². The Bertz CT molecular complexity index is 199. The Morgan fingerprint density at radius 1 is 0.750 bits per heavy atom. The van der Waals surface area contributed by atoms with Gasteiger partial charge in [0.25, 0.3) is 0 Å². The summed E-state index contributed by atoms with van der Waals surface area (Å²) in [6, 6.07) is 0.935. The number of hydrogen-bond acceptors (Lipinski definition) is 1. The molecule has 94 valence electrons. The number of fused-ring (bicyclic) bond motifs is 1. The fraction of sp³-hybridized carbons (Fsp3) is 1.00. The van der Waals surface area contributed by atoms with Crippen molar-refractivity contribution < 1.29 is 0 Å². The van der Waals surface area contributed by atoms with Crippen LogP contribution in [0.2, 0.25) is 0 Å². The average Bonchev–Trinajstić information content (AvgIpc) is 2.27. The minimum atomic E-state index is 0.875. The summed E-state index contributed by atoms with van der Waals surface area (Å²) in [5, 5.41) is 0. The van der Waals surface area contributed by atoms with Crippen LogP contribution < -0.4 is 0 Å². The minimum Gasteiger partial charge on any atom is -0.300 e. The zero-order valence-electron chi connectivity index (χ0n) is 11.6. The van der Waals surface area contributed by atoms with Crippen molar-refractivity contribution in [3.63, 3.8) is 0 Å². The molecule has 2 heterocycles. The molecule has 0 spiro atoms. The summed E-state index contributed by atoms with van der Waals surface area (Å²) in [5.74, 6) is 3.67. The second kappa shape index (κ2) is 5.08. The second-order valence-electron chi connectivity index (χ2n) is 6.77. The quantitative estimate of drug-likeness (QED) is 0.688. The summed E-state index contributed by atoms with van der Waals surface area (Å²) in [4.78, 5) is 2.82. The molecule has 0 aromatic carbocycles. The number of rotatable bonds is 2. The first-order valence-corrected chi connectivity index (χ1v) is 7.32. The number of hydrogen-bond donors (Lipinski definition) is 0. The second-order valence-corrected chi connectivity index (χ2v) is 6.77. The first kappa shape index (κ1) is 12.4. The van der Waals surface area contributed by atoms with Gasteiger partial charge < -0.3 is 0 Å². The van der Waals surface area contributed by atoms with Crippen molar-refractivity contribution in [1.82, 2.24) is 4.90 Å². The van der Waals surface area contributed by atoms with Crippen LogP contribution in [0.15, 0.2) is 0 Å². The van der Waals surface area contributed by atoms with E-state index in [1.54, 1.807) is 0 Å². The van der Waals surface area contributed by atoms with Crippen LogP contribution in [-0.4, -0.2) is 24.0 Å². The van der Waals surface area contributed by atoms with Crippen LogP contribution in [0.5, 0.6) is 0 Å². The summed E-state index contributed by atoms with van der Waals surface area (Å²) in [6.07, 6.45) is 5.89. The van der Waals surface area contributed by atoms with E-state index in [9.17, 15) is 0 Å². The van der Waals surface area contributed by atoms with Crippen LogP contribution in [0.25, 0.3) is 0 Å². The molecule has 2 saturated heterocycles. The van der Waals surface area contributed by atoms with Gasteiger partial charge in [0.2, 0.25) is 0 Å². The van der Waals surface area contributed by atoms with Gasteiger partial charge in [0.15, 0.2) is 0 Å². The van der Waals surface area contributed by atoms with Crippen LogP contribution in [0.1, 0.15) is 53.4 Å². The van der Waals surface area contributed by atoms with Gasteiger partial charge in [0, 0.05) is 19.1 Å². The van der Waals surface area contributed by atoms with E-state index >= 15 is 0 Å². The molecule has 0 bridgehead atoms. The normalized spacial score (nSPS) is 36.8. The van der Waals surface area contributed by atoms with Crippen LogP contribution in [0.3, 0.4) is 0 Å². The lowest BCUT2D eigenvalue weighted by molar-refractivity contribution is 0.0246. The first-order valence-electron chi connectivity index (χ1n) is 7.32. The smallest absolute Gasteiger partial charge is 0.00957 e. The van der Waals surface area contributed by atoms with Crippen molar-refractivity contribution in [3.05, 3.63) is 0 Å². The number of piperidine rings is 2. The van der Waals surface area contributed by atoms with E-state index in [1.807, 2.05) is 0 Å². The van der Waals surface area contributed by atoms with Crippen molar-refractivity contribution in [2.75, 3.05) is 13.1 Å². The average molecular weight is 223 g/mol. The van der Waals surface area contributed by atoms with E-state index in [0.29, 0.717) is 0 Å². The lowest BCUT2D eigenvalue weighted by atomic mass is 9.78. The molecule has 0 aromatic heterocycles. The maximum Gasteiger partial charge on any atom is 0.00957 e. The molecule has 1 nitrogen and oxygen atoms in total. The highest BCUT2D eigenvalue weighted by atomic mass is 15.2. The monoisotopic (exact) mass is 223 g/mol. The van der Waals surface area contributed by atoms with Gasteiger partial charge in [-0.25, -0.2) is 0 Å². The topological polar surface area (TPSA) is 3.24 Å². The van der Waals surface area contributed by atoms with Crippen LogP contribution >= 0.6 is 0 Å². The first-order chi connectivity index (χ1) is 7.58. The SMILES string of the molecule is CC(C)C1CCC2CCC(C(C)C)CN2C1. The third-order valence-corrected chi connectivity index (χ3v) is 5.08. The van der Waals surface area contributed by atoms with Crippen molar-refractivity contribution in [2.24, 2.45) is 23.7 Å². The summed E-state index contributed by atoms with van der Waals surface area (Å²) in [6.45, 7) is 12.4. The molecule has 2 aliphatic rings. The molecule has 2 fully saturated rings. The Morgan fingerprint density at radius 3 is 1.56 bits per heavy atom. The Balaban J connectivity index is 1.93. The molecular formula is C15H29N. The van der Waals surface area contributed by atoms with Crippen LogP contribution in [-0.2, 0) is 0 Å². The molecule has 0 aliphatic carbocycles. The Hall–Kier alpha value is -0.0400. The van der Waals surface area contributed by atoms with Gasteiger partial charge in [-0.05, 0) is 49.4 Å². The van der Waals surface area contributed by atoms with Gasteiger partial charge in [0.05, 0.1) is 0 Å². The Kier molecular flexibility index (Phi) is 3.94. The van der Waals surface area contributed by atoms with Crippen LogP contribution in [0, 0.1) is 23.7 Å². The molecule has 2 unspecified atom stereocenters. The van der Waals surface area contributed by atoms with Gasteiger partial charge in [-0.2, -0.15) is 0 Å². The summed E-state index contributed by atoms with van der Waals surface area (Å²) < 4.78 is 0. The highest BCUT2D eigenvalue weighted by molar-refractivity contribution is 4.88. The van der Waals surface area contributed by atoms with Gasteiger partial charge in [-0.3, -0.25) is 4.90 Å². The lowest BCUT2D eigenvalue weighted by Crippen LogP contribution is -2.50. The van der Waals surface area contributed by atoms with Gasteiger partial charge in [-0.15, -0.1) is 0 Å². The molecule has 16 heavy (non-hydrogen) atoms. The molecule has 0 saturated carbocycles. The van der Waals surface area contributed by atoms with Crippen molar-refractivity contribution in [2.45, 2.75) is 59.4 Å². The zero-order chi connectivity index (χ0) is 11.7. The highest BCUT2D eigenvalue weighted by Gasteiger charge is 2.34. The Labute approximate surface area is 102 Å². The number of nitrogens with zero attached hydrogens (tertiary/aromatic N) is 1. The van der Waals surface area contributed by atoms with Gasteiger partial charge >= 0.3 is 0 Å². The third-order valence-electron chi connectivity index (χ3n) is 5.08. The Morgan fingerprint density at radius 2 is 1.19 bits per heavy atom. The molecule has 0 amide bonds. The van der Waals surface area contributed by atoms with Crippen molar-refractivity contribution in [1.29, 1.82) is 0 Å². The van der Waals surface area contributed by atoms with E-state index in [0.717, 1.165) is 29.7 Å². The highest BCUT2D eigenvalue weighted by Crippen LogP contribution is 2.35. The van der Waals surface area contributed by atoms with E-state index in [-0.39, 0.29) is 0 Å². The van der Waals surface area contributed by atoms with E-state index in [4.69, 9.17) is 0 Å². The van der Waals surface area contributed by atoms with E-state index < -0.39 is 0 Å². The summed E-state index contributed by atoms with van der Waals surface area (Å²) in [5.41, 5.74) is 0. The van der Waals surface area contributed by atoms with Crippen molar-refractivity contribution in [3.8, 4) is 0 Å². The predicted octanol–water partition coefficient (Wildman–Crippen LogP) is 3.79. The standard InChI is InChI=1S/C15H29N/c1-11(2)13-5-7-15-8-6-14(12(3)4)10-16(15)9-13/h11-15H,5-10H2,1-4H3. The van der Waals surface area contributed by atoms with Crippen molar-refractivity contribution >= 4 is 0 Å². The lowest BCUT2D eigenvalue weighted by Gasteiger charge is -2.47. The molecular weight excluding hydrogens is 194 g/mol. The maximum absolute atomic E-state index is 2.82. The van der Waals surface area contributed by atoms with Gasteiger partial charge in [-0.1, -0.05) is 27.7 Å². The van der Waals surface area contributed by atoms with E-state index in [1.165, 1.54) is 38.8 Å². The van der Waals surface area contributed by atoms with Crippen LogP contribution in [0.4, 0.5) is 0 Å². The predicted molar refractivity (Wildman–Crippen MR) is 70.5 cm³/mol. The molecule has 0 aromatic rings. The summed E-state index contributed by atoms with van der Waals surface area (Å²) >= 11 is 0. The third kappa shape index (κ3) is 2.61. The molecule has 0 radical (unpaired) electrons.